The number of hydrazone groups is 1. The second-order valence-electron chi connectivity index (χ2n) is 9.86. The van der Waals surface area contributed by atoms with Crippen LogP contribution in [0.3, 0.4) is 0 Å². The Kier molecular flexibility index (Phi) is 8.30. The molecule has 2 heterocycles. The molecule has 0 fully saturated rings. The van der Waals surface area contributed by atoms with Crippen LogP contribution in [0.4, 0.5) is 5.69 Å². The summed E-state index contributed by atoms with van der Waals surface area (Å²) in [4.78, 5) is 27.6. The molecule has 10 heteroatoms. The summed E-state index contributed by atoms with van der Waals surface area (Å²) in [6.07, 6.45) is 5.69. The lowest BCUT2D eigenvalue weighted by Gasteiger charge is -2.14. The van der Waals surface area contributed by atoms with Crippen LogP contribution in [0, 0.1) is 20.8 Å². The molecular weight excluding hydrogens is 656 g/mol. The van der Waals surface area contributed by atoms with E-state index in [9.17, 15) is 14.7 Å². The van der Waals surface area contributed by atoms with Crippen molar-refractivity contribution in [3.63, 3.8) is 0 Å². The van der Waals surface area contributed by atoms with Gasteiger partial charge in [0.15, 0.2) is 0 Å². The average molecular weight is 684 g/mol. The molecule has 1 aliphatic rings. The van der Waals surface area contributed by atoms with Crippen LogP contribution in [-0.4, -0.2) is 27.7 Å². The number of anilines is 1. The van der Waals surface area contributed by atoms with E-state index >= 15 is 0 Å². The number of phenolic OH excluding ortho intramolecular Hbond substituents is 1. The minimum Gasteiger partial charge on any atom is -0.506 e. The van der Waals surface area contributed by atoms with Gasteiger partial charge < -0.3 is 15.0 Å². The third kappa shape index (κ3) is 5.66. The molecule has 40 heavy (non-hydrogen) atoms. The van der Waals surface area contributed by atoms with Crippen molar-refractivity contribution in [2.45, 2.75) is 46.5 Å². The average Bonchev–Trinajstić information content (AvgIpc) is 3.44. The van der Waals surface area contributed by atoms with Gasteiger partial charge in [-0.15, -0.1) is 11.3 Å². The molecule has 0 spiro atoms. The van der Waals surface area contributed by atoms with E-state index in [2.05, 4.69) is 52.3 Å². The molecule has 0 atom stereocenters. The van der Waals surface area contributed by atoms with E-state index in [0.717, 1.165) is 70.0 Å². The van der Waals surface area contributed by atoms with Crippen molar-refractivity contribution < 1.29 is 14.7 Å². The fourth-order valence-electron chi connectivity index (χ4n) is 4.93. The van der Waals surface area contributed by atoms with E-state index in [1.807, 2.05) is 51.1 Å². The first-order chi connectivity index (χ1) is 19.1. The molecule has 0 radical (unpaired) electrons. The number of carbonyl (C=O) groups is 2. The van der Waals surface area contributed by atoms with Gasteiger partial charge in [0.25, 0.3) is 11.8 Å². The predicted molar refractivity (Wildman–Crippen MR) is 167 cm³/mol. The number of aromatic nitrogens is 1. The monoisotopic (exact) mass is 682 g/mol. The summed E-state index contributed by atoms with van der Waals surface area (Å²) in [7, 11) is 0. The molecule has 5 rings (SSSR count). The maximum absolute atomic E-state index is 13.7. The maximum Gasteiger partial charge on any atom is 0.271 e. The Morgan fingerprint density at radius 3 is 2.38 bits per heavy atom. The van der Waals surface area contributed by atoms with E-state index in [1.54, 1.807) is 17.6 Å². The Morgan fingerprint density at radius 2 is 1.68 bits per heavy atom. The molecule has 2 aromatic carbocycles. The number of phenols is 1. The fourth-order valence-corrected chi connectivity index (χ4v) is 7.61. The summed E-state index contributed by atoms with van der Waals surface area (Å²) in [6, 6.07) is 12.9. The van der Waals surface area contributed by atoms with Crippen molar-refractivity contribution in [3.8, 4) is 10.8 Å². The number of fused-ring (bicyclic) bond motifs is 1. The van der Waals surface area contributed by atoms with Gasteiger partial charge in [-0.1, -0.05) is 17.7 Å². The highest BCUT2D eigenvalue weighted by Gasteiger charge is 2.28. The number of carbonyl (C=O) groups excluding carboxylic acids is 2. The Morgan fingerprint density at radius 1 is 1.00 bits per heavy atom. The van der Waals surface area contributed by atoms with Gasteiger partial charge >= 0.3 is 0 Å². The van der Waals surface area contributed by atoms with Gasteiger partial charge in [-0.3, -0.25) is 9.59 Å². The van der Waals surface area contributed by atoms with Crippen molar-refractivity contribution in [1.29, 1.82) is 0 Å². The van der Waals surface area contributed by atoms with Crippen LogP contribution in [0.1, 0.15) is 66.5 Å². The summed E-state index contributed by atoms with van der Waals surface area (Å²) in [6.45, 7) is 6.02. The topological polar surface area (TPSA) is 95.7 Å². The molecule has 4 aromatic rings. The van der Waals surface area contributed by atoms with Gasteiger partial charge in [0.05, 0.1) is 20.7 Å². The minimum atomic E-state index is -0.410. The van der Waals surface area contributed by atoms with Crippen LogP contribution in [0.25, 0.3) is 5.00 Å². The molecule has 0 saturated heterocycles. The molecule has 2 aromatic heterocycles. The third-order valence-electron chi connectivity index (χ3n) is 7.01. The zero-order chi connectivity index (χ0) is 28.6. The zero-order valence-corrected chi connectivity index (χ0v) is 26.3. The lowest BCUT2D eigenvalue weighted by molar-refractivity contribution is 0.0954. The number of nitrogens with zero attached hydrogens (tertiary/aromatic N) is 2. The number of rotatable bonds is 6. The van der Waals surface area contributed by atoms with Gasteiger partial charge in [-0.25, -0.2) is 5.43 Å². The summed E-state index contributed by atoms with van der Waals surface area (Å²) in [5, 5.41) is 18.1. The van der Waals surface area contributed by atoms with Crippen molar-refractivity contribution in [2.75, 3.05) is 5.32 Å². The minimum absolute atomic E-state index is 0.0228. The summed E-state index contributed by atoms with van der Waals surface area (Å²) < 4.78 is 2.92. The highest BCUT2D eigenvalue weighted by Crippen LogP contribution is 2.39. The second-order valence-corrected chi connectivity index (χ2v) is 12.7. The second kappa shape index (κ2) is 11.7. The van der Waals surface area contributed by atoms with Crippen LogP contribution in [-0.2, 0) is 12.8 Å². The van der Waals surface area contributed by atoms with E-state index in [4.69, 9.17) is 0 Å². The van der Waals surface area contributed by atoms with Gasteiger partial charge in [0.2, 0.25) is 0 Å². The standard InChI is InChI=1S/C30H28Br2N4O3S/c1-16-8-10-21(11-9-16)34-29(39)26-22-6-4-5-7-25(22)40-30(26)36-17(2)12-20(18(36)3)15-33-35-28(38)19-13-23(31)27(37)24(32)14-19/h8-15,37H,4-7H2,1-3H3,(H,34,39)(H,35,38)/b33-15-. The number of aromatic hydroxyl groups is 1. The van der Waals surface area contributed by atoms with Crippen LogP contribution >= 0.6 is 43.2 Å². The van der Waals surface area contributed by atoms with Crippen LogP contribution in [0.15, 0.2) is 56.5 Å². The predicted octanol–water partition coefficient (Wildman–Crippen LogP) is 7.59. The first-order valence-corrected chi connectivity index (χ1v) is 15.3. The van der Waals surface area contributed by atoms with E-state index in [1.165, 1.54) is 17.0 Å². The SMILES string of the molecule is Cc1ccc(NC(=O)c2c(-n3c(C)cc(/C=N\NC(=O)c4cc(Br)c(O)c(Br)c4)c3C)sc3c2CCCC3)cc1. The zero-order valence-electron chi connectivity index (χ0n) is 22.3. The molecule has 0 bridgehead atoms. The number of hydrogen-bond donors (Lipinski definition) is 3. The molecular formula is C30H28Br2N4O3S. The van der Waals surface area contributed by atoms with Gasteiger partial charge in [-0.05, 0) is 114 Å². The van der Waals surface area contributed by atoms with E-state index in [0.29, 0.717) is 14.5 Å². The highest BCUT2D eigenvalue weighted by atomic mass is 79.9. The number of thiophene rings is 1. The van der Waals surface area contributed by atoms with Gasteiger partial charge in [0, 0.05) is 33.1 Å². The number of benzene rings is 2. The molecule has 3 N–H and O–H groups in total. The lowest BCUT2D eigenvalue weighted by Crippen LogP contribution is -2.18. The quantitative estimate of drug-likeness (QED) is 0.144. The van der Waals surface area contributed by atoms with Crippen LogP contribution in [0.2, 0.25) is 0 Å². The Bertz CT molecular complexity index is 1630. The summed E-state index contributed by atoms with van der Waals surface area (Å²) >= 11 is 8.17. The van der Waals surface area contributed by atoms with Gasteiger partial charge in [-0.2, -0.15) is 5.10 Å². The van der Waals surface area contributed by atoms with Crippen molar-refractivity contribution in [1.82, 2.24) is 9.99 Å². The fraction of sp³-hybridized carbons (Fsp3) is 0.233. The highest BCUT2D eigenvalue weighted by molar-refractivity contribution is 9.11. The maximum atomic E-state index is 13.7. The Balaban J connectivity index is 1.44. The van der Waals surface area contributed by atoms with E-state index in [-0.39, 0.29) is 11.7 Å². The molecule has 1 aliphatic carbocycles. The largest absolute Gasteiger partial charge is 0.506 e. The van der Waals surface area contributed by atoms with Gasteiger partial charge in [0.1, 0.15) is 10.8 Å². The molecule has 206 valence electrons. The summed E-state index contributed by atoms with van der Waals surface area (Å²) in [5.74, 6) is -0.485. The normalized spacial score (nSPS) is 12.9. The number of amides is 2. The third-order valence-corrected chi connectivity index (χ3v) is 9.50. The number of nitrogens with one attached hydrogen (secondary N) is 2. The number of hydrogen-bond acceptors (Lipinski definition) is 5. The van der Waals surface area contributed by atoms with Crippen LogP contribution < -0.4 is 10.7 Å². The Hall–Kier alpha value is -3.21. The Labute approximate surface area is 253 Å². The molecule has 0 saturated carbocycles. The lowest BCUT2D eigenvalue weighted by atomic mass is 9.95. The van der Waals surface area contributed by atoms with Crippen molar-refractivity contribution in [2.24, 2.45) is 5.10 Å². The van der Waals surface area contributed by atoms with Crippen molar-refractivity contribution >= 4 is 66.9 Å². The molecule has 0 unspecified atom stereocenters. The van der Waals surface area contributed by atoms with Crippen molar-refractivity contribution in [3.05, 3.63) is 95.5 Å². The molecule has 7 nitrogen and oxygen atoms in total. The summed E-state index contributed by atoms with van der Waals surface area (Å²) in [5.41, 5.74) is 9.43. The smallest absolute Gasteiger partial charge is 0.271 e. The molecule has 2 amide bonds. The first kappa shape index (κ1) is 28.3. The number of halogens is 2. The first-order valence-electron chi connectivity index (χ1n) is 12.9. The van der Waals surface area contributed by atoms with E-state index < -0.39 is 5.91 Å². The molecule has 0 aliphatic heterocycles. The van der Waals surface area contributed by atoms with Crippen LogP contribution in [0.5, 0.6) is 5.75 Å². The number of aryl methyl sites for hydroxylation is 3.